The first-order valence-corrected chi connectivity index (χ1v) is 6.49. The summed E-state index contributed by atoms with van der Waals surface area (Å²) >= 11 is 0. The van der Waals surface area contributed by atoms with Crippen LogP contribution in [0.1, 0.15) is 5.69 Å². The van der Waals surface area contributed by atoms with Gasteiger partial charge in [0, 0.05) is 6.54 Å². The summed E-state index contributed by atoms with van der Waals surface area (Å²) < 4.78 is 2.52. The number of nitrogens with one attached hydrogen (secondary N) is 1. The van der Waals surface area contributed by atoms with Crippen LogP contribution in [0.3, 0.4) is 0 Å². The van der Waals surface area contributed by atoms with Crippen LogP contribution in [0.15, 0.2) is 18.6 Å². The topological polar surface area (TPSA) is 151 Å². The monoisotopic (exact) mass is 323 g/mol. The van der Waals surface area contributed by atoms with E-state index in [1.165, 1.54) is 28.7 Å². The third kappa shape index (κ3) is 4.09. The van der Waals surface area contributed by atoms with E-state index >= 15 is 0 Å². The number of nitrogens with zero attached hydrogens (tertiary/aromatic N) is 6. The summed E-state index contributed by atoms with van der Waals surface area (Å²) in [7, 11) is 0. The van der Waals surface area contributed by atoms with Gasteiger partial charge in [-0.2, -0.15) is 10.2 Å². The maximum atomic E-state index is 11.7. The smallest absolute Gasteiger partial charge is 0.309 e. The molecule has 12 heteroatoms. The van der Waals surface area contributed by atoms with Crippen molar-refractivity contribution in [1.82, 2.24) is 24.9 Å². The molecule has 0 fully saturated rings. The van der Waals surface area contributed by atoms with Gasteiger partial charge in [-0.05, 0) is 6.92 Å². The molecule has 1 amide bonds. The molecule has 0 aliphatic heterocycles. The van der Waals surface area contributed by atoms with Crippen molar-refractivity contribution in [2.75, 3.05) is 6.54 Å². The van der Waals surface area contributed by atoms with Crippen LogP contribution in [-0.2, 0) is 17.9 Å². The van der Waals surface area contributed by atoms with Crippen molar-refractivity contribution in [2.45, 2.75) is 20.0 Å². The van der Waals surface area contributed by atoms with Gasteiger partial charge in [0.25, 0.3) is 0 Å². The Morgan fingerprint density at radius 3 is 2.57 bits per heavy atom. The first-order valence-electron chi connectivity index (χ1n) is 6.49. The zero-order valence-electron chi connectivity index (χ0n) is 12.1. The summed E-state index contributed by atoms with van der Waals surface area (Å²) in [5.74, 6) is -0.385. The van der Waals surface area contributed by atoms with E-state index in [0.717, 1.165) is 6.20 Å². The highest BCUT2D eigenvalue weighted by atomic mass is 16.6. The van der Waals surface area contributed by atoms with Gasteiger partial charge in [-0.3, -0.25) is 34.4 Å². The number of hydrogen-bond donors (Lipinski definition) is 1. The number of carbonyl (C=O) groups excluding carboxylic acids is 1. The molecule has 2 heterocycles. The summed E-state index contributed by atoms with van der Waals surface area (Å²) in [5.41, 5.74) is -0.0519. The zero-order chi connectivity index (χ0) is 17.0. The van der Waals surface area contributed by atoms with Crippen molar-refractivity contribution in [3.8, 4) is 0 Å². The van der Waals surface area contributed by atoms with Crippen molar-refractivity contribution < 1.29 is 14.6 Å². The average molecular weight is 323 g/mol. The van der Waals surface area contributed by atoms with Crippen LogP contribution >= 0.6 is 0 Å². The van der Waals surface area contributed by atoms with Gasteiger partial charge in [-0.1, -0.05) is 0 Å². The fourth-order valence-corrected chi connectivity index (χ4v) is 1.85. The molecule has 0 saturated carbocycles. The molecular formula is C11H13N7O5. The molecule has 0 saturated heterocycles. The Hall–Kier alpha value is -3.31. The summed E-state index contributed by atoms with van der Waals surface area (Å²) in [4.78, 5) is 31.8. The van der Waals surface area contributed by atoms with E-state index in [0.29, 0.717) is 0 Å². The first-order chi connectivity index (χ1) is 10.9. The highest BCUT2D eigenvalue weighted by molar-refractivity contribution is 5.75. The van der Waals surface area contributed by atoms with Gasteiger partial charge < -0.3 is 5.32 Å². The van der Waals surface area contributed by atoms with Gasteiger partial charge in [-0.15, -0.1) is 0 Å². The van der Waals surface area contributed by atoms with Crippen molar-refractivity contribution in [1.29, 1.82) is 0 Å². The summed E-state index contributed by atoms with van der Waals surface area (Å²) in [5, 5.41) is 31.4. The molecule has 0 aromatic carbocycles. The lowest BCUT2D eigenvalue weighted by molar-refractivity contribution is -0.385. The Morgan fingerprint density at radius 1 is 1.26 bits per heavy atom. The summed E-state index contributed by atoms with van der Waals surface area (Å²) in [6, 6.07) is 0. The number of carbonyl (C=O) groups is 1. The van der Waals surface area contributed by atoms with E-state index in [1.54, 1.807) is 0 Å². The number of aromatic nitrogens is 4. The van der Waals surface area contributed by atoms with E-state index in [2.05, 4.69) is 15.5 Å². The fourth-order valence-electron chi connectivity index (χ4n) is 1.85. The van der Waals surface area contributed by atoms with Crippen LogP contribution in [0.25, 0.3) is 0 Å². The lowest BCUT2D eigenvalue weighted by atomic mass is 10.4. The largest absolute Gasteiger partial charge is 0.353 e. The number of hydrogen-bond acceptors (Lipinski definition) is 7. The second-order valence-electron chi connectivity index (χ2n) is 4.62. The molecule has 0 bridgehead atoms. The van der Waals surface area contributed by atoms with Gasteiger partial charge >= 0.3 is 11.4 Å². The maximum absolute atomic E-state index is 11.7. The SMILES string of the molecule is Cc1nn(CC(=O)NCCn2cc([N+](=O)[O-])cn2)cc1[N+](=O)[O-]. The van der Waals surface area contributed by atoms with E-state index in [-0.39, 0.29) is 42.6 Å². The van der Waals surface area contributed by atoms with E-state index < -0.39 is 9.85 Å². The molecular weight excluding hydrogens is 310 g/mol. The molecule has 2 aromatic heterocycles. The number of amides is 1. The fraction of sp³-hybridized carbons (Fsp3) is 0.364. The highest BCUT2D eigenvalue weighted by Gasteiger charge is 2.16. The Balaban J connectivity index is 1.82. The molecule has 0 unspecified atom stereocenters. The van der Waals surface area contributed by atoms with Gasteiger partial charge in [0.15, 0.2) is 0 Å². The Bertz CT molecular complexity index is 750. The quantitative estimate of drug-likeness (QED) is 0.557. The predicted octanol–water partition coefficient (Wildman–Crippen LogP) is 0.0208. The number of rotatable bonds is 7. The van der Waals surface area contributed by atoms with Crippen molar-refractivity contribution in [2.24, 2.45) is 0 Å². The van der Waals surface area contributed by atoms with Gasteiger partial charge in [-0.25, -0.2) is 0 Å². The third-order valence-corrected chi connectivity index (χ3v) is 2.92. The average Bonchev–Trinajstić information content (AvgIpc) is 3.05. The van der Waals surface area contributed by atoms with Crippen molar-refractivity contribution in [3.05, 3.63) is 44.5 Å². The van der Waals surface area contributed by atoms with E-state index in [1.807, 2.05) is 0 Å². The molecule has 0 radical (unpaired) electrons. The van der Waals surface area contributed by atoms with Crippen LogP contribution < -0.4 is 5.32 Å². The predicted molar refractivity (Wildman–Crippen MR) is 75.5 cm³/mol. The van der Waals surface area contributed by atoms with Crippen molar-refractivity contribution >= 4 is 17.3 Å². The van der Waals surface area contributed by atoms with Crippen LogP contribution in [-0.4, -0.2) is 41.9 Å². The minimum atomic E-state index is -0.568. The van der Waals surface area contributed by atoms with Gasteiger partial charge in [0.2, 0.25) is 5.91 Å². The van der Waals surface area contributed by atoms with Crippen molar-refractivity contribution in [3.63, 3.8) is 0 Å². The van der Waals surface area contributed by atoms with Gasteiger partial charge in [0.05, 0.1) is 16.4 Å². The molecule has 1 N–H and O–H groups in total. The molecule has 23 heavy (non-hydrogen) atoms. The second-order valence-corrected chi connectivity index (χ2v) is 4.62. The number of aryl methyl sites for hydroxylation is 1. The molecule has 0 spiro atoms. The molecule has 0 aliphatic carbocycles. The molecule has 2 aromatic rings. The molecule has 2 rings (SSSR count). The van der Waals surface area contributed by atoms with E-state index in [4.69, 9.17) is 0 Å². The normalized spacial score (nSPS) is 10.5. The third-order valence-electron chi connectivity index (χ3n) is 2.92. The highest BCUT2D eigenvalue weighted by Crippen LogP contribution is 2.14. The zero-order valence-corrected chi connectivity index (χ0v) is 12.1. The molecule has 12 nitrogen and oxygen atoms in total. The first kappa shape index (κ1) is 16.1. The Morgan fingerprint density at radius 2 is 2.00 bits per heavy atom. The number of nitro groups is 2. The Kier molecular flexibility index (Phi) is 4.64. The lowest BCUT2D eigenvalue weighted by Gasteiger charge is -2.05. The Labute approximate surface area is 129 Å². The van der Waals surface area contributed by atoms with Crippen LogP contribution in [0, 0.1) is 27.2 Å². The van der Waals surface area contributed by atoms with E-state index in [9.17, 15) is 25.0 Å². The summed E-state index contributed by atoms with van der Waals surface area (Å²) in [6.45, 7) is 1.79. The lowest BCUT2D eigenvalue weighted by Crippen LogP contribution is -2.30. The minimum Gasteiger partial charge on any atom is -0.353 e. The molecule has 0 aliphatic rings. The second kappa shape index (κ2) is 6.64. The van der Waals surface area contributed by atoms with Crippen LogP contribution in [0.2, 0.25) is 0 Å². The van der Waals surface area contributed by atoms with Gasteiger partial charge in [0.1, 0.15) is 30.8 Å². The summed E-state index contributed by atoms with van der Waals surface area (Å²) in [6.07, 6.45) is 3.56. The molecule has 0 atom stereocenters. The maximum Gasteiger partial charge on any atom is 0.309 e. The van der Waals surface area contributed by atoms with Crippen LogP contribution in [0.5, 0.6) is 0 Å². The minimum absolute atomic E-state index is 0.129. The van der Waals surface area contributed by atoms with Crippen LogP contribution in [0.4, 0.5) is 11.4 Å². The standard InChI is InChI=1S/C11H13N7O5/c1-8-10(18(22)23)6-16(14-8)7-11(19)12-2-3-15-5-9(4-13-15)17(20)21/h4-6H,2-3,7H2,1H3,(H,12,19). The molecule has 122 valence electrons.